The fourth-order valence-electron chi connectivity index (χ4n) is 2.13. The van der Waals surface area contributed by atoms with Gasteiger partial charge in [-0.15, -0.1) is 0 Å². The highest BCUT2D eigenvalue weighted by atomic mass is 19.3. The van der Waals surface area contributed by atoms with Gasteiger partial charge in [0.2, 0.25) is 5.91 Å². The summed E-state index contributed by atoms with van der Waals surface area (Å²) in [4.78, 5) is 25.6. The first kappa shape index (κ1) is 16.2. The number of alkyl halides is 2. The van der Waals surface area contributed by atoms with Gasteiger partial charge in [-0.25, -0.2) is 0 Å². The number of halogens is 2. The monoisotopic (exact) mass is 313 g/mol. The van der Waals surface area contributed by atoms with Gasteiger partial charge in [-0.05, 0) is 12.1 Å². The van der Waals surface area contributed by atoms with Crippen LogP contribution < -0.4 is 15.4 Å². The highest BCUT2D eigenvalue weighted by molar-refractivity contribution is 5.98. The van der Waals surface area contributed by atoms with Gasteiger partial charge in [-0.1, -0.05) is 12.1 Å². The summed E-state index contributed by atoms with van der Waals surface area (Å²) in [5, 5.41) is 5.55. The van der Waals surface area contributed by atoms with E-state index in [1.807, 2.05) is 0 Å². The summed E-state index contributed by atoms with van der Waals surface area (Å²) in [5.41, 5.74) is -0.0316. The zero-order valence-electron chi connectivity index (χ0n) is 11.9. The van der Waals surface area contributed by atoms with Gasteiger partial charge in [0.1, 0.15) is 5.75 Å². The molecular formula is C14H17F2N3O3. The first-order chi connectivity index (χ1) is 10.6. The quantitative estimate of drug-likeness (QED) is 0.828. The predicted octanol–water partition coefficient (Wildman–Crippen LogP) is 0.450. The molecule has 1 heterocycles. The van der Waals surface area contributed by atoms with E-state index in [1.54, 1.807) is 4.90 Å². The fraction of sp³-hybridized carbons (Fsp3) is 0.429. The molecule has 120 valence electrons. The topological polar surface area (TPSA) is 70.7 Å². The highest BCUT2D eigenvalue weighted by Crippen LogP contribution is 2.19. The Morgan fingerprint density at radius 1 is 1.27 bits per heavy atom. The number of carbonyl (C=O) groups is 2. The van der Waals surface area contributed by atoms with Crippen LogP contribution in [0.25, 0.3) is 0 Å². The third-order valence-corrected chi connectivity index (χ3v) is 3.22. The maximum atomic E-state index is 12.3. The molecule has 0 aromatic heterocycles. The van der Waals surface area contributed by atoms with Crippen molar-refractivity contribution in [2.45, 2.75) is 6.61 Å². The van der Waals surface area contributed by atoms with Crippen molar-refractivity contribution in [3.05, 3.63) is 29.8 Å². The van der Waals surface area contributed by atoms with Gasteiger partial charge >= 0.3 is 6.61 Å². The average Bonchev–Trinajstić information content (AvgIpc) is 2.53. The van der Waals surface area contributed by atoms with Crippen LogP contribution in [0.2, 0.25) is 0 Å². The maximum Gasteiger partial charge on any atom is 0.387 e. The molecule has 1 fully saturated rings. The van der Waals surface area contributed by atoms with E-state index in [-0.39, 0.29) is 23.8 Å². The summed E-state index contributed by atoms with van der Waals surface area (Å²) in [6, 6.07) is 5.66. The van der Waals surface area contributed by atoms with Crippen molar-refractivity contribution in [1.29, 1.82) is 0 Å². The number of para-hydroxylation sites is 1. The minimum absolute atomic E-state index is 0.0316. The number of rotatable bonds is 5. The Kier molecular flexibility index (Phi) is 5.65. The number of amides is 2. The van der Waals surface area contributed by atoms with Gasteiger partial charge in [0.25, 0.3) is 5.91 Å². The molecule has 0 saturated carbocycles. The molecule has 22 heavy (non-hydrogen) atoms. The van der Waals surface area contributed by atoms with Crippen LogP contribution >= 0.6 is 0 Å². The molecule has 2 N–H and O–H groups in total. The number of nitrogens with one attached hydrogen (secondary N) is 2. The lowest BCUT2D eigenvalue weighted by atomic mass is 10.2. The Labute approximate surface area is 126 Å². The zero-order chi connectivity index (χ0) is 15.9. The number of hydrogen-bond acceptors (Lipinski definition) is 4. The highest BCUT2D eigenvalue weighted by Gasteiger charge is 2.19. The van der Waals surface area contributed by atoms with Crippen molar-refractivity contribution >= 4 is 11.8 Å². The molecule has 0 aliphatic carbocycles. The molecule has 0 atom stereocenters. The van der Waals surface area contributed by atoms with Crippen molar-refractivity contribution in [2.24, 2.45) is 0 Å². The van der Waals surface area contributed by atoms with Crippen LogP contribution in [0.5, 0.6) is 5.75 Å². The minimum Gasteiger partial charge on any atom is -0.434 e. The summed E-state index contributed by atoms with van der Waals surface area (Å²) < 4.78 is 28.9. The van der Waals surface area contributed by atoms with Gasteiger partial charge < -0.3 is 20.3 Å². The Morgan fingerprint density at radius 3 is 2.64 bits per heavy atom. The second-order valence-corrected chi connectivity index (χ2v) is 4.69. The van der Waals surface area contributed by atoms with E-state index in [9.17, 15) is 18.4 Å². The summed E-state index contributed by atoms with van der Waals surface area (Å²) in [6.07, 6.45) is 0. The number of ether oxygens (including phenoxy) is 1. The molecular weight excluding hydrogens is 296 g/mol. The third-order valence-electron chi connectivity index (χ3n) is 3.22. The van der Waals surface area contributed by atoms with Gasteiger partial charge in [0, 0.05) is 26.2 Å². The molecule has 1 aromatic rings. The fourth-order valence-corrected chi connectivity index (χ4v) is 2.13. The minimum atomic E-state index is -3.02. The van der Waals surface area contributed by atoms with E-state index >= 15 is 0 Å². The van der Waals surface area contributed by atoms with Crippen molar-refractivity contribution in [3.8, 4) is 5.75 Å². The second kappa shape index (κ2) is 7.69. The van der Waals surface area contributed by atoms with Crippen LogP contribution in [-0.4, -0.2) is 56.0 Å². The van der Waals surface area contributed by atoms with Crippen molar-refractivity contribution < 1.29 is 23.1 Å². The lowest BCUT2D eigenvalue weighted by Gasteiger charge is -2.27. The summed E-state index contributed by atoms with van der Waals surface area (Å²) >= 11 is 0. The second-order valence-electron chi connectivity index (χ2n) is 4.69. The van der Waals surface area contributed by atoms with Crippen LogP contribution in [0, 0.1) is 0 Å². The van der Waals surface area contributed by atoms with Crippen LogP contribution in [0.4, 0.5) is 8.78 Å². The lowest BCUT2D eigenvalue weighted by Crippen LogP contribution is -2.49. The zero-order valence-corrected chi connectivity index (χ0v) is 11.9. The van der Waals surface area contributed by atoms with Gasteiger partial charge in [0.15, 0.2) is 0 Å². The molecule has 1 saturated heterocycles. The molecule has 1 aliphatic rings. The van der Waals surface area contributed by atoms with Crippen molar-refractivity contribution in [2.75, 3.05) is 32.7 Å². The third kappa shape index (κ3) is 4.39. The number of nitrogens with zero attached hydrogens (tertiary/aromatic N) is 1. The number of benzene rings is 1. The van der Waals surface area contributed by atoms with Gasteiger partial charge in [0.05, 0.1) is 12.1 Å². The molecule has 2 amide bonds. The van der Waals surface area contributed by atoms with Crippen LogP contribution in [0.1, 0.15) is 10.4 Å². The summed E-state index contributed by atoms with van der Waals surface area (Å²) in [6.45, 7) is -0.604. The molecule has 0 bridgehead atoms. The molecule has 8 heteroatoms. The summed E-state index contributed by atoms with van der Waals surface area (Å²) in [7, 11) is 0. The number of hydrogen-bond donors (Lipinski definition) is 2. The van der Waals surface area contributed by atoms with Crippen LogP contribution in [0.15, 0.2) is 24.3 Å². The van der Waals surface area contributed by atoms with E-state index in [2.05, 4.69) is 15.4 Å². The Hall–Kier alpha value is -2.22. The van der Waals surface area contributed by atoms with Crippen molar-refractivity contribution in [3.63, 3.8) is 0 Å². The predicted molar refractivity (Wildman–Crippen MR) is 74.9 cm³/mol. The van der Waals surface area contributed by atoms with Gasteiger partial charge in [-0.3, -0.25) is 9.59 Å². The SMILES string of the molecule is O=C(NCC(=O)N1CCNCC1)c1ccccc1OC(F)F. The molecule has 0 radical (unpaired) electrons. The Bertz CT molecular complexity index is 534. The number of piperazine rings is 1. The maximum absolute atomic E-state index is 12.3. The lowest BCUT2D eigenvalue weighted by molar-refractivity contribution is -0.130. The molecule has 6 nitrogen and oxygen atoms in total. The van der Waals surface area contributed by atoms with Gasteiger partial charge in [-0.2, -0.15) is 8.78 Å². The van der Waals surface area contributed by atoms with Crippen molar-refractivity contribution in [1.82, 2.24) is 15.5 Å². The molecule has 1 aliphatic heterocycles. The molecule has 1 aromatic carbocycles. The smallest absolute Gasteiger partial charge is 0.387 e. The number of carbonyl (C=O) groups excluding carboxylic acids is 2. The van der Waals surface area contributed by atoms with E-state index in [1.165, 1.54) is 24.3 Å². The summed E-state index contributed by atoms with van der Waals surface area (Å²) in [5.74, 6) is -1.05. The van der Waals surface area contributed by atoms with E-state index < -0.39 is 12.5 Å². The van der Waals surface area contributed by atoms with E-state index in [0.29, 0.717) is 26.2 Å². The standard InChI is InChI=1S/C14H17F2N3O3/c15-14(16)22-11-4-2-1-3-10(11)13(21)18-9-12(20)19-7-5-17-6-8-19/h1-4,14,17H,5-9H2,(H,18,21). The first-order valence-electron chi connectivity index (χ1n) is 6.88. The Balaban J connectivity index is 1.93. The van der Waals surface area contributed by atoms with E-state index in [4.69, 9.17) is 0 Å². The Morgan fingerprint density at radius 2 is 1.95 bits per heavy atom. The first-order valence-corrected chi connectivity index (χ1v) is 6.88. The van der Waals surface area contributed by atoms with E-state index in [0.717, 1.165) is 0 Å². The average molecular weight is 313 g/mol. The molecule has 0 unspecified atom stereocenters. The normalized spacial score (nSPS) is 14.8. The molecule has 0 spiro atoms. The van der Waals surface area contributed by atoms with Crippen LogP contribution in [-0.2, 0) is 4.79 Å². The van der Waals surface area contributed by atoms with Crippen LogP contribution in [0.3, 0.4) is 0 Å². The largest absolute Gasteiger partial charge is 0.434 e. The molecule has 2 rings (SSSR count).